The molecular formula is H3AuCl3NaO3S2. The van der Waals surface area contributed by atoms with Crippen LogP contribution in [0.3, 0.4) is 0 Å². The molecule has 0 aromatic rings. The zero-order chi connectivity index (χ0) is 8.08. The molecule has 66 valence electrons. The summed E-state index contributed by atoms with van der Waals surface area (Å²) >= 11 is 0.863. The molecule has 0 heterocycles. The summed E-state index contributed by atoms with van der Waals surface area (Å²) in [6.45, 7) is 0. The second-order valence-corrected chi connectivity index (χ2v) is 12.2. The van der Waals surface area contributed by atoms with Crippen LogP contribution < -0.4 is 0 Å². The summed E-state index contributed by atoms with van der Waals surface area (Å²) in [5, 5.41) is 0. The van der Waals surface area contributed by atoms with E-state index >= 15 is 0 Å². The Morgan fingerprint density at radius 3 is 1.30 bits per heavy atom. The Morgan fingerprint density at radius 1 is 1.30 bits per heavy atom. The third kappa shape index (κ3) is 129. The SMILES string of the molecule is O=S(=O)(O)S.[Cl][Au]([Cl])[Cl].[NaH]. The first-order chi connectivity index (χ1) is 3.73. The van der Waals surface area contributed by atoms with Gasteiger partial charge in [-0.05, 0) is 11.7 Å². The molecule has 0 saturated carbocycles. The van der Waals surface area contributed by atoms with E-state index in [2.05, 4.69) is 11.7 Å². The first-order valence-electron chi connectivity index (χ1n) is 1.04. The summed E-state index contributed by atoms with van der Waals surface area (Å²) < 4.78 is 25.5. The van der Waals surface area contributed by atoms with Gasteiger partial charge in [-0.25, -0.2) is 0 Å². The van der Waals surface area contributed by atoms with Gasteiger partial charge in [-0.1, -0.05) is 0 Å². The van der Waals surface area contributed by atoms with Crippen LogP contribution in [0.1, 0.15) is 0 Å². The Balaban J connectivity index is -0.0000000910. The molecule has 0 saturated heterocycles. The maximum absolute atomic E-state index is 9.05. The van der Waals surface area contributed by atoms with Crippen molar-refractivity contribution in [3.63, 3.8) is 0 Å². The summed E-state index contributed by atoms with van der Waals surface area (Å²) in [7, 11) is 10.9. The van der Waals surface area contributed by atoms with Crippen molar-refractivity contribution >= 4 is 77.9 Å². The van der Waals surface area contributed by atoms with E-state index in [0.717, 1.165) is 0 Å². The standard InChI is InChI=1S/Au.3ClH.Na.H2O3S2.H/c;;;;;1-5(2,3)4;/h;3*1H;;(H2,1,2,3,4);/q+3;;;;;;/p-3. The third-order valence-corrected chi connectivity index (χ3v) is 0. The minimum absolute atomic E-state index is 0. The van der Waals surface area contributed by atoms with E-state index in [1.165, 1.54) is 0 Å². The Morgan fingerprint density at radius 2 is 1.30 bits per heavy atom. The molecule has 0 radical (unpaired) electrons. The van der Waals surface area contributed by atoms with E-state index in [1.807, 2.05) is 0 Å². The molecule has 0 spiro atoms. The van der Waals surface area contributed by atoms with E-state index in [-0.39, 0.29) is 29.6 Å². The minimum atomic E-state index is -3.97. The van der Waals surface area contributed by atoms with Crippen LogP contribution in [-0.2, 0) is 24.3 Å². The summed E-state index contributed by atoms with van der Waals surface area (Å²) in [6.07, 6.45) is 0. The Bertz CT molecular complexity index is 133. The van der Waals surface area contributed by atoms with Gasteiger partial charge in [0.2, 0.25) is 0 Å². The van der Waals surface area contributed by atoms with Gasteiger partial charge in [0, 0.05) is 0 Å². The van der Waals surface area contributed by atoms with Gasteiger partial charge >= 0.3 is 81.5 Å². The van der Waals surface area contributed by atoms with Crippen molar-refractivity contribution in [3.05, 3.63) is 0 Å². The first kappa shape index (κ1) is 18.6. The molecule has 0 aromatic heterocycles. The number of rotatable bonds is 0. The molecule has 0 atom stereocenters. The second-order valence-electron chi connectivity index (χ2n) is 0.577. The van der Waals surface area contributed by atoms with Crippen LogP contribution in [0.2, 0.25) is 0 Å². The van der Waals surface area contributed by atoms with Crippen LogP contribution in [0.15, 0.2) is 0 Å². The molecule has 3 nitrogen and oxygen atoms in total. The van der Waals surface area contributed by atoms with Crippen LogP contribution in [-0.4, -0.2) is 42.5 Å². The zero-order valence-corrected chi connectivity index (χ0v) is 9.70. The van der Waals surface area contributed by atoms with Gasteiger partial charge < -0.3 is 0 Å². The van der Waals surface area contributed by atoms with Crippen molar-refractivity contribution in [3.8, 4) is 0 Å². The Labute approximate surface area is 104 Å². The van der Waals surface area contributed by atoms with Gasteiger partial charge in [-0.15, -0.1) is 0 Å². The predicted molar refractivity (Wildman–Crippen MR) is 45.2 cm³/mol. The van der Waals surface area contributed by atoms with Crippen molar-refractivity contribution in [2.75, 3.05) is 0 Å². The van der Waals surface area contributed by atoms with Gasteiger partial charge in [-0.3, -0.25) is 4.55 Å². The van der Waals surface area contributed by atoms with Gasteiger partial charge in [0.25, 0.3) is 0 Å². The van der Waals surface area contributed by atoms with Gasteiger partial charge in [0.15, 0.2) is 0 Å². The summed E-state index contributed by atoms with van der Waals surface area (Å²) in [5.74, 6) is 0. The molecular weight excluding hydrogens is 438 g/mol. The molecule has 0 aliphatic heterocycles. The second kappa shape index (κ2) is 9.95. The van der Waals surface area contributed by atoms with E-state index in [4.69, 9.17) is 40.5 Å². The number of hydrogen-bond donors (Lipinski definition) is 2. The van der Waals surface area contributed by atoms with Crippen LogP contribution in [0.5, 0.6) is 0 Å². The zero-order valence-electron chi connectivity index (χ0n) is 3.55. The van der Waals surface area contributed by atoms with Crippen LogP contribution in [0.4, 0.5) is 0 Å². The summed E-state index contributed by atoms with van der Waals surface area (Å²) in [6, 6.07) is 0. The van der Waals surface area contributed by atoms with Crippen molar-refractivity contribution in [1.82, 2.24) is 0 Å². The molecule has 0 aliphatic carbocycles. The Kier molecular flexibility index (Phi) is 18.5. The quantitative estimate of drug-likeness (QED) is 0.257. The molecule has 0 amide bonds. The van der Waals surface area contributed by atoms with Gasteiger partial charge in [0.05, 0.1) is 0 Å². The van der Waals surface area contributed by atoms with E-state index in [0.29, 0.717) is 0 Å². The summed E-state index contributed by atoms with van der Waals surface area (Å²) in [4.78, 5) is 0. The molecule has 0 aromatic carbocycles. The predicted octanol–water partition coefficient (Wildman–Crippen LogP) is 1.14. The molecule has 0 fully saturated rings. The van der Waals surface area contributed by atoms with Gasteiger partial charge in [-0.2, -0.15) is 8.42 Å². The van der Waals surface area contributed by atoms with E-state index in [9.17, 15) is 0 Å². The van der Waals surface area contributed by atoms with Crippen LogP contribution in [0, 0.1) is 0 Å². The number of halogens is 3. The average molecular weight is 441 g/mol. The topological polar surface area (TPSA) is 54.4 Å². The molecule has 0 rings (SSSR count). The average Bonchev–Trinajstić information content (AvgIpc) is 1.19. The number of thiol groups is 1. The van der Waals surface area contributed by atoms with Crippen molar-refractivity contribution < 1.29 is 28.2 Å². The Hall–Kier alpha value is 2.87. The number of hydrogen-bond acceptors (Lipinski definition) is 2. The molecule has 0 aliphatic rings. The van der Waals surface area contributed by atoms with Crippen LogP contribution >= 0.6 is 39.2 Å². The fourth-order valence-electron chi connectivity index (χ4n) is 0. The third-order valence-electron chi connectivity index (χ3n) is 0. The molecule has 10 heteroatoms. The van der Waals surface area contributed by atoms with Crippen LogP contribution in [0.25, 0.3) is 0 Å². The van der Waals surface area contributed by atoms with E-state index < -0.39 is 24.3 Å². The fourth-order valence-corrected chi connectivity index (χ4v) is 0. The molecule has 10 heavy (non-hydrogen) atoms. The van der Waals surface area contributed by atoms with Crippen molar-refractivity contribution in [2.45, 2.75) is 0 Å². The maximum atomic E-state index is 9.05. The van der Waals surface area contributed by atoms with Gasteiger partial charge in [0.1, 0.15) is 0 Å². The first-order valence-corrected chi connectivity index (χ1v) is 11.6. The van der Waals surface area contributed by atoms with Crippen molar-refractivity contribution in [2.24, 2.45) is 0 Å². The fraction of sp³-hybridized carbons (Fsp3) is 0. The molecule has 0 unspecified atom stereocenters. The molecule has 0 bridgehead atoms. The monoisotopic (exact) mass is 440 g/mol. The molecule has 1 N–H and O–H groups in total. The summed E-state index contributed by atoms with van der Waals surface area (Å²) in [5.41, 5.74) is 0. The normalized spacial score (nSPS) is 10.3. The van der Waals surface area contributed by atoms with Crippen molar-refractivity contribution in [1.29, 1.82) is 0 Å². The van der Waals surface area contributed by atoms with E-state index in [1.54, 1.807) is 0 Å².